The van der Waals surface area contributed by atoms with Gasteiger partial charge in [0.1, 0.15) is 4.90 Å². The summed E-state index contributed by atoms with van der Waals surface area (Å²) < 4.78 is 27.1. The van der Waals surface area contributed by atoms with Crippen LogP contribution >= 0.6 is 0 Å². The third kappa shape index (κ3) is 4.77. The van der Waals surface area contributed by atoms with Crippen molar-refractivity contribution in [2.75, 3.05) is 18.5 Å². The molecule has 0 aliphatic carbocycles. The van der Waals surface area contributed by atoms with Crippen molar-refractivity contribution >= 4 is 15.7 Å². The molecule has 0 aromatic heterocycles. The minimum absolute atomic E-state index is 0.0269. The number of sulfonamides is 1. The number of hydrogen-bond donors (Lipinski definition) is 3. The Bertz CT molecular complexity index is 539. The van der Waals surface area contributed by atoms with Crippen LogP contribution < -0.4 is 10.0 Å². The number of hydrogen-bond acceptors (Lipinski definition) is 4. The lowest BCUT2D eigenvalue weighted by Crippen LogP contribution is -2.32. The summed E-state index contributed by atoms with van der Waals surface area (Å²) in [6, 6.07) is 6.60. The molecule has 3 N–H and O–H groups in total. The first-order chi connectivity index (χ1) is 9.18. The zero-order valence-corrected chi connectivity index (χ0v) is 13.3. The zero-order valence-electron chi connectivity index (χ0n) is 12.5. The van der Waals surface area contributed by atoms with E-state index < -0.39 is 10.0 Å². The van der Waals surface area contributed by atoms with Crippen molar-refractivity contribution in [3.63, 3.8) is 0 Å². The summed E-state index contributed by atoms with van der Waals surface area (Å²) in [6.07, 6.45) is 0. The SMILES string of the molecule is CC(C)NS(=O)(=O)c1ccccc1NCC(C)(C)CO. The second-order valence-corrected chi connectivity index (χ2v) is 7.63. The van der Waals surface area contributed by atoms with Crippen molar-refractivity contribution in [3.05, 3.63) is 24.3 Å². The van der Waals surface area contributed by atoms with E-state index in [0.29, 0.717) is 12.2 Å². The van der Waals surface area contributed by atoms with Gasteiger partial charge in [-0.05, 0) is 26.0 Å². The fourth-order valence-corrected chi connectivity index (χ4v) is 3.05. The molecule has 0 saturated carbocycles. The van der Waals surface area contributed by atoms with Gasteiger partial charge in [-0.15, -0.1) is 0 Å². The van der Waals surface area contributed by atoms with Gasteiger partial charge in [-0.25, -0.2) is 13.1 Å². The standard InChI is InChI=1S/C14H24N2O3S/c1-11(2)16-20(18,19)13-8-6-5-7-12(13)15-9-14(3,4)10-17/h5-8,11,15-17H,9-10H2,1-4H3. The summed E-state index contributed by atoms with van der Waals surface area (Å²) in [5, 5.41) is 12.4. The number of aliphatic hydroxyl groups is 1. The van der Waals surface area contributed by atoms with Crippen LogP contribution in [0.2, 0.25) is 0 Å². The molecule has 0 heterocycles. The van der Waals surface area contributed by atoms with E-state index in [1.807, 2.05) is 13.8 Å². The van der Waals surface area contributed by atoms with E-state index in [2.05, 4.69) is 10.0 Å². The minimum Gasteiger partial charge on any atom is -0.396 e. The topological polar surface area (TPSA) is 78.4 Å². The quantitative estimate of drug-likeness (QED) is 0.717. The summed E-state index contributed by atoms with van der Waals surface area (Å²) >= 11 is 0. The molecule has 114 valence electrons. The van der Waals surface area contributed by atoms with E-state index in [1.165, 1.54) is 0 Å². The van der Waals surface area contributed by atoms with Crippen molar-refractivity contribution in [2.24, 2.45) is 5.41 Å². The predicted octanol–water partition coefficient (Wildman–Crippen LogP) is 1.80. The van der Waals surface area contributed by atoms with E-state index in [0.717, 1.165) is 0 Å². The molecule has 5 nitrogen and oxygen atoms in total. The maximum atomic E-state index is 12.3. The van der Waals surface area contributed by atoms with Gasteiger partial charge in [-0.1, -0.05) is 26.0 Å². The highest BCUT2D eigenvalue weighted by Gasteiger charge is 2.21. The Labute approximate surface area is 121 Å². The van der Waals surface area contributed by atoms with Gasteiger partial charge in [-0.3, -0.25) is 0 Å². The lowest BCUT2D eigenvalue weighted by atomic mass is 9.95. The molecule has 6 heteroatoms. The highest BCUT2D eigenvalue weighted by molar-refractivity contribution is 7.89. The largest absolute Gasteiger partial charge is 0.396 e. The molecule has 0 saturated heterocycles. The van der Waals surface area contributed by atoms with Gasteiger partial charge in [0.2, 0.25) is 10.0 Å². The molecule has 0 fully saturated rings. The molecular weight excluding hydrogens is 276 g/mol. The van der Waals surface area contributed by atoms with Crippen LogP contribution in [-0.4, -0.2) is 32.7 Å². The van der Waals surface area contributed by atoms with E-state index >= 15 is 0 Å². The van der Waals surface area contributed by atoms with Crippen LogP contribution in [0.4, 0.5) is 5.69 Å². The lowest BCUT2D eigenvalue weighted by molar-refractivity contribution is 0.171. The first-order valence-corrected chi connectivity index (χ1v) is 8.12. The van der Waals surface area contributed by atoms with Crippen LogP contribution in [0.5, 0.6) is 0 Å². The van der Waals surface area contributed by atoms with Crippen molar-refractivity contribution in [2.45, 2.75) is 38.6 Å². The second kappa shape index (κ2) is 6.56. The van der Waals surface area contributed by atoms with E-state index in [1.54, 1.807) is 38.1 Å². The predicted molar refractivity (Wildman–Crippen MR) is 81.3 cm³/mol. The average molecular weight is 300 g/mol. The summed E-state index contributed by atoms with van der Waals surface area (Å²) in [6.45, 7) is 7.88. The number of rotatable bonds is 7. The summed E-state index contributed by atoms with van der Waals surface area (Å²) in [4.78, 5) is 0.224. The van der Waals surface area contributed by atoms with Gasteiger partial charge in [0, 0.05) is 24.6 Å². The van der Waals surface area contributed by atoms with Crippen molar-refractivity contribution in [1.82, 2.24) is 4.72 Å². The molecule has 0 bridgehead atoms. The first kappa shape index (κ1) is 16.9. The molecule has 0 amide bonds. The zero-order chi connectivity index (χ0) is 15.4. The number of nitrogens with one attached hydrogen (secondary N) is 2. The highest BCUT2D eigenvalue weighted by Crippen LogP contribution is 2.23. The number of benzene rings is 1. The molecule has 1 rings (SSSR count). The third-order valence-electron chi connectivity index (χ3n) is 2.75. The minimum atomic E-state index is -3.54. The number of para-hydroxylation sites is 1. The van der Waals surface area contributed by atoms with Gasteiger partial charge in [0.05, 0.1) is 5.69 Å². The van der Waals surface area contributed by atoms with E-state index in [4.69, 9.17) is 0 Å². The van der Waals surface area contributed by atoms with Gasteiger partial charge in [0.25, 0.3) is 0 Å². The van der Waals surface area contributed by atoms with Gasteiger partial charge in [-0.2, -0.15) is 0 Å². The summed E-state index contributed by atoms with van der Waals surface area (Å²) in [5.74, 6) is 0. The molecule has 1 aromatic rings. The van der Waals surface area contributed by atoms with Crippen LogP contribution in [0, 0.1) is 5.41 Å². The van der Waals surface area contributed by atoms with E-state index in [-0.39, 0.29) is 23.0 Å². The van der Waals surface area contributed by atoms with E-state index in [9.17, 15) is 13.5 Å². The van der Waals surface area contributed by atoms with Crippen LogP contribution in [-0.2, 0) is 10.0 Å². The smallest absolute Gasteiger partial charge is 0.242 e. The molecule has 20 heavy (non-hydrogen) atoms. The molecule has 0 aliphatic rings. The van der Waals surface area contributed by atoms with Gasteiger partial charge < -0.3 is 10.4 Å². The molecular formula is C14H24N2O3S. The molecule has 0 unspecified atom stereocenters. The Morgan fingerprint density at radius 1 is 1.25 bits per heavy atom. The second-order valence-electron chi connectivity index (χ2n) is 5.95. The average Bonchev–Trinajstić information content (AvgIpc) is 2.35. The fraction of sp³-hybridized carbons (Fsp3) is 0.571. The lowest BCUT2D eigenvalue weighted by Gasteiger charge is -2.23. The Balaban J connectivity index is 3.00. The van der Waals surface area contributed by atoms with Crippen LogP contribution in [0.15, 0.2) is 29.2 Å². The van der Waals surface area contributed by atoms with Crippen molar-refractivity contribution < 1.29 is 13.5 Å². The van der Waals surface area contributed by atoms with Gasteiger partial charge >= 0.3 is 0 Å². The Morgan fingerprint density at radius 3 is 2.40 bits per heavy atom. The van der Waals surface area contributed by atoms with Crippen molar-refractivity contribution in [1.29, 1.82) is 0 Å². The summed E-state index contributed by atoms with van der Waals surface area (Å²) in [7, 11) is -3.54. The molecule has 1 aromatic carbocycles. The molecule has 0 radical (unpaired) electrons. The Morgan fingerprint density at radius 2 is 1.85 bits per heavy atom. The van der Waals surface area contributed by atoms with Crippen LogP contribution in [0.25, 0.3) is 0 Å². The fourth-order valence-electron chi connectivity index (χ4n) is 1.61. The Kier molecular flexibility index (Phi) is 5.56. The van der Waals surface area contributed by atoms with Crippen LogP contribution in [0.1, 0.15) is 27.7 Å². The van der Waals surface area contributed by atoms with Crippen LogP contribution in [0.3, 0.4) is 0 Å². The summed E-state index contributed by atoms with van der Waals surface area (Å²) in [5.41, 5.74) is 0.227. The first-order valence-electron chi connectivity index (χ1n) is 6.64. The Hall–Kier alpha value is -1.11. The maximum absolute atomic E-state index is 12.3. The maximum Gasteiger partial charge on any atom is 0.242 e. The molecule has 0 atom stereocenters. The monoisotopic (exact) mass is 300 g/mol. The molecule has 0 spiro atoms. The third-order valence-corrected chi connectivity index (χ3v) is 4.47. The van der Waals surface area contributed by atoms with Gasteiger partial charge in [0.15, 0.2) is 0 Å². The highest BCUT2D eigenvalue weighted by atomic mass is 32.2. The van der Waals surface area contributed by atoms with Crippen molar-refractivity contribution in [3.8, 4) is 0 Å². The normalized spacial score (nSPS) is 12.7. The number of anilines is 1. The number of aliphatic hydroxyl groups excluding tert-OH is 1. The molecule has 0 aliphatic heterocycles.